The van der Waals surface area contributed by atoms with Gasteiger partial charge in [0.05, 0.1) is 6.10 Å². The first-order chi connectivity index (χ1) is 6.65. The summed E-state index contributed by atoms with van der Waals surface area (Å²) in [6, 6.07) is 0. The number of hydrogen-bond donors (Lipinski definition) is 0. The summed E-state index contributed by atoms with van der Waals surface area (Å²) in [5.41, 5.74) is 0. The van der Waals surface area contributed by atoms with Gasteiger partial charge in [0.25, 0.3) is 0 Å². The quantitative estimate of drug-likeness (QED) is 0.652. The van der Waals surface area contributed by atoms with Gasteiger partial charge in [-0.2, -0.15) is 0 Å². The molecule has 1 fully saturated rings. The third kappa shape index (κ3) is 3.43. The van der Waals surface area contributed by atoms with Crippen LogP contribution in [0.15, 0.2) is 0 Å². The second kappa shape index (κ2) is 5.97. The van der Waals surface area contributed by atoms with Gasteiger partial charge in [-0.25, -0.2) is 0 Å². The Labute approximate surface area is 93.2 Å². The molecule has 1 aliphatic heterocycles. The number of ether oxygens (including phenoxy) is 1. The van der Waals surface area contributed by atoms with Crippen molar-refractivity contribution >= 4 is 11.6 Å². The van der Waals surface area contributed by atoms with E-state index in [1.54, 1.807) is 0 Å². The van der Waals surface area contributed by atoms with E-state index in [0.29, 0.717) is 23.3 Å². The van der Waals surface area contributed by atoms with Gasteiger partial charge in [0, 0.05) is 12.0 Å². The average molecular weight is 219 g/mol. The molecule has 2 heteroatoms. The van der Waals surface area contributed by atoms with Crippen LogP contribution in [0.25, 0.3) is 0 Å². The topological polar surface area (TPSA) is 9.23 Å². The largest absolute Gasteiger partial charge is 0.378 e. The molecular formula is C12H23ClO. The van der Waals surface area contributed by atoms with Gasteiger partial charge in [0.15, 0.2) is 0 Å². The summed E-state index contributed by atoms with van der Waals surface area (Å²) in [6.45, 7) is 7.54. The molecule has 0 radical (unpaired) electrons. The van der Waals surface area contributed by atoms with Crippen LogP contribution >= 0.6 is 11.6 Å². The second-order valence-corrected chi connectivity index (χ2v) is 5.26. The highest BCUT2D eigenvalue weighted by molar-refractivity contribution is 6.20. The summed E-state index contributed by atoms with van der Waals surface area (Å²) in [7, 11) is 0. The minimum Gasteiger partial charge on any atom is -0.378 e. The molecule has 0 bridgehead atoms. The van der Waals surface area contributed by atoms with Crippen LogP contribution in [0.5, 0.6) is 0 Å². The van der Waals surface area contributed by atoms with Gasteiger partial charge in [-0.15, -0.1) is 11.6 Å². The van der Waals surface area contributed by atoms with Gasteiger partial charge in [-0.05, 0) is 31.1 Å². The van der Waals surface area contributed by atoms with Crippen molar-refractivity contribution in [1.29, 1.82) is 0 Å². The zero-order valence-electron chi connectivity index (χ0n) is 9.63. The molecule has 0 aromatic rings. The summed E-state index contributed by atoms with van der Waals surface area (Å²) < 4.78 is 5.72. The molecule has 14 heavy (non-hydrogen) atoms. The molecule has 3 unspecified atom stereocenters. The predicted molar refractivity (Wildman–Crippen MR) is 61.9 cm³/mol. The van der Waals surface area contributed by atoms with Crippen LogP contribution in [0.4, 0.5) is 0 Å². The number of rotatable bonds is 4. The number of halogens is 1. The van der Waals surface area contributed by atoms with Crippen molar-refractivity contribution < 1.29 is 4.74 Å². The van der Waals surface area contributed by atoms with Gasteiger partial charge < -0.3 is 4.74 Å². The lowest BCUT2D eigenvalue weighted by Crippen LogP contribution is -2.32. The maximum atomic E-state index is 6.40. The fraction of sp³-hybridized carbons (Fsp3) is 1.00. The lowest BCUT2D eigenvalue weighted by Gasteiger charge is -2.33. The number of alkyl halides is 1. The van der Waals surface area contributed by atoms with Crippen LogP contribution < -0.4 is 0 Å². The van der Waals surface area contributed by atoms with Crippen molar-refractivity contribution in [2.24, 2.45) is 11.8 Å². The fourth-order valence-electron chi connectivity index (χ4n) is 2.27. The smallest absolute Gasteiger partial charge is 0.0578 e. The van der Waals surface area contributed by atoms with E-state index in [9.17, 15) is 0 Å². The summed E-state index contributed by atoms with van der Waals surface area (Å²) in [6.07, 6.45) is 5.19. The summed E-state index contributed by atoms with van der Waals surface area (Å²) in [5, 5.41) is 0.332. The molecule has 3 atom stereocenters. The van der Waals surface area contributed by atoms with E-state index in [1.807, 2.05) is 0 Å². The van der Waals surface area contributed by atoms with Crippen LogP contribution in [-0.2, 0) is 4.74 Å². The molecule has 0 aromatic heterocycles. The molecule has 1 saturated heterocycles. The van der Waals surface area contributed by atoms with E-state index in [4.69, 9.17) is 16.3 Å². The molecule has 0 saturated carbocycles. The first-order valence-corrected chi connectivity index (χ1v) is 6.34. The predicted octanol–water partition coefficient (Wildman–Crippen LogP) is 3.85. The molecule has 1 rings (SSSR count). The summed E-state index contributed by atoms with van der Waals surface area (Å²) >= 11 is 6.40. The lowest BCUT2D eigenvalue weighted by molar-refractivity contribution is -0.0163. The first-order valence-electron chi connectivity index (χ1n) is 5.90. The van der Waals surface area contributed by atoms with Gasteiger partial charge >= 0.3 is 0 Å². The maximum Gasteiger partial charge on any atom is 0.0578 e. The Hall–Kier alpha value is 0.250. The van der Waals surface area contributed by atoms with Crippen LogP contribution in [0.1, 0.15) is 46.5 Å². The minimum atomic E-state index is 0.332. The molecule has 0 N–H and O–H groups in total. The molecule has 84 valence electrons. The Morgan fingerprint density at radius 2 is 2.14 bits per heavy atom. The summed E-state index contributed by atoms with van der Waals surface area (Å²) in [5.74, 6) is 1.25. The van der Waals surface area contributed by atoms with Crippen molar-refractivity contribution in [2.45, 2.75) is 57.9 Å². The third-order valence-electron chi connectivity index (χ3n) is 3.11. The van der Waals surface area contributed by atoms with E-state index in [0.717, 1.165) is 13.0 Å². The van der Waals surface area contributed by atoms with Crippen LogP contribution in [0, 0.1) is 11.8 Å². The molecule has 1 nitrogen and oxygen atoms in total. The van der Waals surface area contributed by atoms with Gasteiger partial charge in [-0.1, -0.05) is 27.2 Å². The van der Waals surface area contributed by atoms with E-state index < -0.39 is 0 Å². The Kier molecular flexibility index (Phi) is 5.25. The second-order valence-electron chi connectivity index (χ2n) is 4.75. The van der Waals surface area contributed by atoms with Gasteiger partial charge in [-0.3, -0.25) is 0 Å². The van der Waals surface area contributed by atoms with Crippen LogP contribution in [0.3, 0.4) is 0 Å². The Morgan fingerprint density at radius 1 is 1.43 bits per heavy atom. The number of hydrogen-bond acceptors (Lipinski definition) is 1. The Balaban J connectivity index is 2.39. The summed E-state index contributed by atoms with van der Waals surface area (Å²) in [4.78, 5) is 0. The third-order valence-corrected chi connectivity index (χ3v) is 3.97. The van der Waals surface area contributed by atoms with E-state index >= 15 is 0 Å². The Bertz CT molecular complexity index is 156. The maximum absolute atomic E-state index is 6.40. The van der Waals surface area contributed by atoms with Crippen LogP contribution in [0.2, 0.25) is 0 Å². The van der Waals surface area contributed by atoms with E-state index in [-0.39, 0.29) is 0 Å². The van der Waals surface area contributed by atoms with E-state index in [1.165, 1.54) is 19.3 Å². The highest BCUT2D eigenvalue weighted by Gasteiger charge is 2.28. The highest BCUT2D eigenvalue weighted by atomic mass is 35.5. The monoisotopic (exact) mass is 218 g/mol. The minimum absolute atomic E-state index is 0.332. The van der Waals surface area contributed by atoms with Gasteiger partial charge in [0.2, 0.25) is 0 Å². The SMILES string of the molecule is CCCC1CC(C(Cl)C(C)C)CCO1. The lowest BCUT2D eigenvalue weighted by atomic mass is 9.86. The normalized spacial score (nSPS) is 30.6. The van der Waals surface area contributed by atoms with Crippen molar-refractivity contribution in [3.63, 3.8) is 0 Å². The van der Waals surface area contributed by atoms with Crippen molar-refractivity contribution in [3.05, 3.63) is 0 Å². The fourth-order valence-corrected chi connectivity index (χ4v) is 2.50. The van der Waals surface area contributed by atoms with Crippen molar-refractivity contribution in [1.82, 2.24) is 0 Å². The van der Waals surface area contributed by atoms with Crippen molar-refractivity contribution in [3.8, 4) is 0 Å². The zero-order chi connectivity index (χ0) is 10.6. The highest BCUT2D eigenvalue weighted by Crippen LogP contribution is 2.31. The van der Waals surface area contributed by atoms with Crippen molar-refractivity contribution in [2.75, 3.05) is 6.61 Å². The molecule has 1 aliphatic rings. The van der Waals surface area contributed by atoms with Crippen LogP contribution in [-0.4, -0.2) is 18.1 Å². The zero-order valence-corrected chi connectivity index (χ0v) is 10.4. The standard InChI is InChI=1S/C12H23ClO/c1-4-5-11-8-10(6-7-14-11)12(13)9(2)3/h9-12H,4-8H2,1-3H3. The first kappa shape index (κ1) is 12.3. The molecule has 0 amide bonds. The molecule has 0 spiro atoms. The molecular weight excluding hydrogens is 196 g/mol. The Morgan fingerprint density at radius 3 is 2.71 bits per heavy atom. The molecule has 0 aliphatic carbocycles. The van der Waals surface area contributed by atoms with Gasteiger partial charge in [0.1, 0.15) is 0 Å². The molecule has 0 aromatic carbocycles. The molecule has 1 heterocycles. The van der Waals surface area contributed by atoms with E-state index in [2.05, 4.69) is 20.8 Å². The average Bonchev–Trinajstić information content (AvgIpc) is 2.17.